The zero-order valence-electron chi connectivity index (χ0n) is 9.11. The van der Waals surface area contributed by atoms with Gasteiger partial charge in [0.25, 0.3) is 0 Å². The Morgan fingerprint density at radius 1 is 1.00 bits per heavy atom. The van der Waals surface area contributed by atoms with Crippen LogP contribution >= 0.6 is 12.4 Å². The number of hydrogen-bond acceptors (Lipinski definition) is 2. The van der Waals surface area contributed by atoms with Gasteiger partial charge in [-0.15, -0.1) is 12.4 Å². The molecule has 1 aliphatic heterocycles. The van der Waals surface area contributed by atoms with Crippen LogP contribution in [0, 0.1) is 0 Å². The Morgan fingerprint density at radius 3 is 2.13 bits per heavy atom. The summed E-state index contributed by atoms with van der Waals surface area (Å²) in [4.78, 5) is 2.45. The topological polar surface area (TPSA) is 12.5 Å². The van der Waals surface area contributed by atoms with E-state index in [4.69, 9.17) is 4.74 Å². The zero-order chi connectivity index (χ0) is 9.80. The van der Waals surface area contributed by atoms with Crippen molar-refractivity contribution < 1.29 is 4.74 Å². The van der Waals surface area contributed by atoms with E-state index >= 15 is 0 Å². The summed E-state index contributed by atoms with van der Waals surface area (Å²) in [5.41, 5.74) is 1.32. The van der Waals surface area contributed by atoms with Crippen LogP contribution in [0.3, 0.4) is 0 Å². The molecule has 0 spiro atoms. The Hall–Kier alpha value is -0.890. The number of piperidine rings is 1. The predicted molar refractivity (Wildman–Crippen MR) is 66.3 cm³/mol. The number of rotatable bonds is 2. The number of benzene rings is 1. The van der Waals surface area contributed by atoms with E-state index < -0.39 is 0 Å². The SMILES string of the molecule is COc1ccc(N2CCCCC2)cc1.Cl. The summed E-state index contributed by atoms with van der Waals surface area (Å²) >= 11 is 0. The highest BCUT2D eigenvalue weighted by Gasteiger charge is 2.10. The monoisotopic (exact) mass is 227 g/mol. The third kappa shape index (κ3) is 3.03. The van der Waals surface area contributed by atoms with Gasteiger partial charge < -0.3 is 9.64 Å². The van der Waals surface area contributed by atoms with Gasteiger partial charge in [0.05, 0.1) is 7.11 Å². The first-order valence-electron chi connectivity index (χ1n) is 5.29. The summed E-state index contributed by atoms with van der Waals surface area (Å²) in [6.07, 6.45) is 4.03. The van der Waals surface area contributed by atoms with Gasteiger partial charge in [-0.2, -0.15) is 0 Å². The number of hydrogen-bond donors (Lipinski definition) is 0. The molecular formula is C12H18ClNO. The molecule has 0 atom stereocenters. The van der Waals surface area contributed by atoms with Crippen molar-refractivity contribution in [2.75, 3.05) is 25.1 Å². The van der Waals surface area contributed by atoms with E-state index in [1.165, 1.54) is 38.0 Å². The minimum absolute atomic E-state index is 0. The molecule has 15 heavy (non-hydrogen) atoms. The quantitative estimate of drug-likeness (QED) is 0.770. The van der Waals surface area contributed by atoms with Gasteiger partial charge in [0, 0.05) is 18.8 Å². The van der Waals surface area contributed by atoms with E-state index in [9.17, 15) is 0 Å². The third-order valence-corrected chi connectivity index (χ3v) is 2.79. The number of halogens is 1. The highest BCUT2D eigenvalue weighted by molar-refractivity contribution is 5.85. The van der Waals surface area contributed by atoms with Crippen LogP contribution < -0.4 is 9.64 Å². The lowest BCUT2D eigenvalue weighted by molar-refractivity contribution is 0.414. The van der Waals surface area contributed by atoms with Crippen molar-refractivity contribution in [2.24, 2.45) is 0 Å². The normalized spacial score (nSPS) is 15.7. The van der Waals surface area contributed by atoms with Crippen molar-refractivity contribution in [2.45, 2.75) is 19.3 Å². The molecule has 0 N–H and O–H groups in total. The average molecular weight is 228 g/mol. The van der Waals surface area contributed by atoms with E-state index in [1.54, 1.807) is 7.11 Å². The van der Waals surface area contributed by atoms with Gasteiger partial charge in [-0.1, -0.05) is 0 Å². The molecule has 1 aromatic carbocycles. The molecular weight excluding hydrogens is 210 g/mol. The molecule has 0 aromatic heterocycles. The lowest BCUT2D eigenvalue weighted by Crippen LogP contribution is -2.29. The van der Waals surface area contributed by atoms with Crippen LogP contribution in [0.5, 0.6) is 5.75 Å². The number of ether oxygens (including phenoxy) is 1. The molecule has 0 unspecified atom stereocenters. The fourth-order valence-electron chi connectivity index (χ4n) is 1.95. The predicted octanol–water partition coefficient (Wildman–Crippen LogP) is 3.11. The summed E-state index contributed by atoms with van der Waals surface area (Å²) < 4.78 is 5.14. The fourth-order valence-corrected chi connectivity index (χ4v) is 1.95. The lowest BCUT2D eigenvalue weighted by atomic mass is 10.1. The Morgan fingerprint density at radius 2 is 1.60 bits per heavy atom. The molecule has 0 bridgehead atoms. The van der Waals surface area contributed by atoms with Crippen LogP contribution in [0.1, 0.15) is 19.3 Å². The van der Waals surface area contributed by atoms with Gasteiger partial charge in [-0.05, 0) is 43.5 Å². The first-order valence-corrected chi connectivity index (χ1v) is 5.29. The molecule has 84 valence electrons. The van der Waals surface area contributed by atoms with Gasteiger partial charge in [0.2, 0.25) is 0 Å². The standard InChI is InChI=1S/C12H17NO.ClH/c1-14-12-7-5-11(6-8-12)13-9-3-2-4-10-13;/h5-8H,2-4,9-10H2,1H3;1H. The lowest BCUT2D eigenvalue weighted by Gasteiger charge is -2.28. The second-order valence-corrected chi connectivity index (χ2v) is 3.75. The first-order chi connectivity index (χ1) is 6.90. The fraction of sp³-hybridized carbons (Fsp3) is 0.500. The third-order valence-electron chi connectivity index (χ3n) is 2.79. The van der Waals surface area contributed by atoms with Crippen LogP contribution in [0.4, 0.5) is 5.69 Å². The van der Waals surface area contributed by atoms with Crippen molar-refractivity contribution >= 4 is 18.1 Å². The second kappa shape index (κ2) is 5.86. The van der Waals surface area contributed by atoms with Gasteiger partial charge in [-0.3, -0.25) is 0 Å². The highest BCUT2D eigenvalue weighted by Crippen LogP contribution is 2.22. The van der Waals surface area contributed by atoms with Crippen LogP contribution in [-0.4, -0.2) is 20.2 Å². The number of anilines is 1. The molecule has 0 amide bonds. The first kappa shape index (κ1) is 12.2. The average Bonchev–Trinajstić information content (AvgIpc) is 2.30. The van der Waals surface area contributed by atoms with Crippen LogP contribution in [0.25, 0.3) is 0 Å². The minimum atomic E-state index is 0. The Balaban J connectivity index is 0.00000112. The zero-order valence-corrected chi connectivity index (χ0v) is 9.93. The molecule has 0 saturated carbocycles. The van der Waals surface area contributed by atoms with Crippen molar-refractivity contribution in [1.82, 2.24) is 0 Å². The number of nitrogens with zero attached hydrogens (tertiary/aromatic N) is 1. The molecule has 3 heteroatoms. The van der Waals surface area contributed by atoms with E-state index in [-0.39, 0.29) is 12.4 Å². The van der Waals surface area contributed by atoms with Gasteiger partial charge >= 0.3 is 0 Å². The summed E-state index contributed by atoms with van der Waals surface area (Å²) in [6.45, 7) is 2.40. The molecule has 1 aromatic rings. The van der Waals surface area contributed by atoms with Crippen molar-refractivity contribution in [1.29, 1.82) is 0 Å². The van der Waals surface area contributed by atoms with E-state index in [0.717, 1.165) is 5.75 Å². The largest absolute Gasteiger partial charge is 0.497 e. The maximum absolute atomic E-state index is 5.14. The van der Waals surface area contributed by atoms with Crippen molar-refractivity contribution in [3.63, 3.8) is 0 Å². The summed E-state index contributed by atoms with van der Waals surface area (Å²) in [6, 6.07) is 8.35. The summed E-state index contributed by atoms with van der Waals surface area (Å²) in [7, 11) is 1.70. The molecule has 2 nitrogen and oxygen atoms in total. The Labute approximate surface area is 97.6 Å². The van der Waals surface area contributed by atoms with Crippen LogP contribution in [0.2, 0.25) is 0 Å². The van der Waals surface area contributed by atoms with Crippen LogP contribution in [0.15, 0.2) is 24.3 Å². The van der Waals surface area contributed by atoms with Crippen molar-refractivity contribution in [3.8, 4) is 5.75 Å². The van der Waals surface area contributed by atoms with Gasteiger partial charge in [0.15, 0.2) is 0 Å². The summed E-state index contributed by atoms with van der Waals surface area (Å²) in [5.74, 6) is 0.936. The van der Waals surface area contributed by atoms with E-state index in [1.807, 2.05) is 12.1 Å². The molecule has 2 rings (SSSR count). The van der Waals surface area contributed by atoms with Crippen molar-refractivity contribution in [3.05, 3.63) is 24.3 Å². The summed E-state index contributed by atoms with van der Waals surface area (Å²) in [5, 5.41) is 0. The molecule has 1 saturated heterocycles. The highest BCUT2D eigenvalue weighted by atomic mass is 35.5. The maximum Gasteiger partial charge on any atom is 0.119 e. The molecule has 0 radical (unpaired) electrons. The van der Waals surface area contributed by atoms with Crippen LogP contribution in [-0.2, 0) is 0 Å². The van der Waals surface area contributed by atoms with Gasteiger partial charge in [-0.25, -0.2) is 0 Å². The Kier molecular flexibility index (Phi) is 4.76. The van der Waals surface area contributed by atoms with Gasteiger partial charge in [0.1, 0.15) is 5.75 Å². The Bertz CT molecular complexity index is 280. The molecule has 0 aliphatic carbocycles. The molecule has 1 heterocycles. The molecule has 1 aliphatic rings. The maximum atomic E-state index is 5.14. The second-order valence-electron chi connectivity index (χ2n) is 3.75. The van der Waals surface area contributed by atoms with E-state index in [2.05, 4.69) is 17.0 Å². The smallest absolute Gasteiger partial charge is 0.119 e. The minimum Gasteiger partial charge on any atom is -0.497 e. The van der Waals surface area contributed by atoms with E-state index in [0.29, 0.717) is 0 Å². The molecule has 1 fully saturated rings. The number of methoxy groups -OCH3 is 1.